The first kappa shape index (κ1) is 13.0. The highest BCUT2D eigenvalue weighted by molar-refractivity contribution is 5.62. The molecule has 2 atom stereocenters. The fourth-order valence-corrected chi connectivity index (χ4v) is 2.27. The van der Waals surface area contributed by atoms with Crippen molar-refractivity contribution in [3.05, 3.63) is 54.6 Å². The fraction of sp³-hybridized carbons (Fsp3) is 0.250. The van der Waals surface area contributed by atoms with E-state index in [2.05, 4.69) is 10.6 Å². The summed E-state index contributed by atoms with van der Waals surface area (Å²) in [5.41, 5.74) is 3.08. The van der Waals surface area contributed by atoms with Crippen LogP contribution in [0.15, 0.2) is 54.6 Å². The maximum Gasteiger partial charge on any atom is 0.174 e. The van der Waals surface area contributed by atoms with Crippen LogP contribution in [0.25, 0.3) is 0 Å². The Morgan fingerprint density at radius 1 is 0.900 bits per heavy atom. The minimum absolute atomic E-state index is 0.0251. The van der Waals surface area contributed by atoms with Crippen molar-refractivity contribution in [2.75, 3.05) is 17.2 Å². The summed E-state index contributed by atoms with van der Waals surface area (Å²) in [6.07, 6.45) is 0.114. The Kier molecular flexibility index (Phi) is 3.85. The molecule has 3 N–H and O–H groups in total. The van der Waals surface area contributed by atoms with Crippen LogP contribution in [0.1, 0.15) is 6.42 Å². The molecule has 0 bridgehead atoms. The molecule has 1 aliphatic heterocycles. The summed E-state index contributed by atoms with van der Waals surface area (Å²) in [6.45, 7) is 0.604. The first-order valence-corrected chi connectivity index (χ1v) is 6.79. The number of hydrogen-bond donors (Lipinski definition) is 3. The molecule has 1 heterocycles. The predicted octanol–water partition coefficient (Wildman–Crippen LogP) is 2.95. The van der Waals surface area contributed by atoms with E-state index in [1.165, 1.54) is 0 Å². The predicted molar refractivity (Wildman–Crippen MR) is 80.2 cm³/mol. The van der Waals surface area contributed by atoms with Crippen molar-refractivity contribution >= 4 is 17.1 Å². The molecule has 2 aromatic rings. The third kappa shape index (κ3) is 3.10. The standard InChI is InChI=1S/C16H18N2O2/c19-16-15(10-11-20-16)18-14-8-6-13(7-9-14)17-12-4-2-1-3-5-12/h1-9,15-19H,10-11H2. The molecule has 2 unspecified atom stereocenters. The fourth-order valence-electron chi connectivity index (χ4n) is 2.27. The van der Waals surface area contributed by atoms with E-state index in [-0.39, 0.29) is 6.04 Å². The number of benzene rings is 2. The van der Waals surface area contributed by atoms with Crippen LogP contribution in [-0.4, -0.2) is 24.0 Å². The molecular formula is C16H18N2O2. The average molecular weight is 270 g/mol. The quantitative estimate of drug-likeness (QED) is 0.799. The van der Waals surface area contributed by atoms with Gasteiger partial charge in [-0.2, -0.15) is 0 Å². The molecule has 3 rings (SSSR count). The molecule has 0 aliphatic carbocycles. The number of hydrogen-bond acceptors (Lipinski definition) is 4. The van der Waals surface area contributed by atoms with Gasteiger partial charge in [-0.1, -0.05) is 18.2 Å². The minimum atomic E-state index is -0.711. The molecule has 1 aliphatic rings. The lowest BCUT2D eigenvalue weighted by atomic mass is 10.2. The Labute approximate surface area is 118 Å². The number of para-hydroxylation sites is 1. The van der Waals surface area contributed by atoms with Crippen LogP contribution in [0, 0.1) is 0 Å². The van der Waals surface area contributed by atoms with Crippen molar-refractivity contribution in [3.63, 3.8) is 0 Å². The Hall–Kier alpha value is -2.04. The van der Waals surface area contributed by atoms with Crippen LogP contribution < -0.4 is 10.6 Å². The van der Waals surface area contributed by atoms with Gasteiger partial charge < -0.3 is 20.5 Å². The highest BCUT2D eigenvalue weighted by Crippen LogP contribution is 2.21. The lowest BCUT2D eigenvalue weighted by Gasteiger charge is -2.16. The maximum atomic E-state index is 9.60. The van der Waals surface area contributed by atoms with Gasteiger partial charge >= 0.3 is 0 Å². The van der Waals surface area contributed by atoms with E-state index in [1.807, 2.05) is 54.6 Å². The van der Waals surface area contributed by atoms with E-state index in [4.69, 9.17) is 4.74 Å². The SMILES string of the molecule is OC1OCCC1Nc1ccc(Nc2ccccc2)cc1. The first-order chi connectivity index (χ1) is 9.81. The van der Waals surface area contributed by atoms with E-state index in [1.54, 1.807) is 0 Å². The van der Waals surface area contributed by atoms with Gasteiger partial charge in [-0.05, 0) is 42.8 Å². The van der Waals surface area contributed by atoms with Crippen LogP contribution in [0.4, 0.5) is 17.1 Å². The zero-order valence-electron chi connectivity index (χ0n) is 11.1. The monoisotopic (exact) mass is 270 g/mol. The second-order valence-corrected chi connectivity index (χ2v) is 4.87. The second-order valence-electron chi connectivity index (χ2n) is 4.87. The average Bonchev–Trinajstić information content (AvgIpc) is 2.88. The Bertz CT molecular complexity index is 542. The zero-order chi connectivity index (χ0) is 13.8. The largest absolute Gasteiger partial charge is 0.377 e. The molecule has 4 heteroatoms. The summed E-state index contributed by atoms with van der Waals surface area (Å²) >= 11 is 0. The number of nitrogens with one attached hydrogen (secondary N) is 2. The Balaban J connectivity index is 1.62. The van der Waals surface area contributed by atoms with Gasteiger partial charge in [0.15, 0.2) is 6.29 Å². The number of rotatable bonds is 4. The van der Waals surface area contributed by atoms with E-state index in [0.717, 1.165) is 23.5 Å². The first-order valence-electron chi connectivity index (χ1n) is 6.79. The maximum absolute atomic E-state index is 9.60. The van der Waals surface area contributed by atoms with Crippen LogP contribution in [0.2, 0.25) is 0 Å². The zero-order valence-corrected chi connectivity index (χ0v) is 11.1. The molecule has 4 nitrogen and oxygen atoms in total. The molecule has 0 radical (unpaired) electrons. The Morgan fingerprint density at radius 2 is 1.55 bits per heavy atom. The van der Waals surface area contributed by atoms with Crippen molar-refractivity contribution in [3.8, 4) is 0 Å². The molecule has 1 fully saturated rings. The lowest BCUT2D eigenvalue weighted by Crippen LogP contribution is -2.28. The molecule has 20 heavy (non-hydrogen) atoms. The smallest absolute Gasteiger partial charge is 0.174 e. The van der Waals surface area contributed by atoms with Crippen molar-refractivity contribution in [1.29, 1.82) is 0 Å². The van der Waals surface area contributed by atoms with Crippen molar-refractivity contribution in [2.24, 2.45) is 0 Å². The summed E-state index contributed by atoms with van der Waals surface area (Å²) in [5.74, 6) is 0. The van der Waals surface area contributed by atoms with Crippen molar-refractivity contribution in [2.45, 2.75) is 18.8 Å². The molecule has 104 valence electrons. The third-order valence-electron chi connectivity index (χ3n) is 3.36. The minimum Gasteiger partial charge on any atom is -0.377 e. The van der Waals surface area contributed by atoms with Gasteiger partial charge in [0.05, 0.1) is 12.6 Å². The van der Waals surface area contributed by atoms with Gasteiger partial charge in [-0.3, -0.25) is 0 Å². The normalized spacial score (nSPS) is 21.6. The number of aliphatic hydroxyl groups excluding tert-OH is 1. The third-order valence-corrected chi connectivity index (χ3v) is 3.36. The summed E-state index contributed by atoms with van der Waals surface area (Å²) in [4.78, 5) is 0. The molecule has 0 aromatic heterocycles. The van der Waals surface area contributed by atoms with Gasteiger partial charge in [0.1, 0.15) is 0 Å². The second kappa shape index (κ2) is 5.94. The molecular weight excluding hydrogens is 252 g/mol. The molecule has 0 amide bonds. The highest BCUT2D eigenvalue weighted by Gasteiger charge is 2.25. The van der Waals surface area contributed by atoms with Crippen LogP contribution in [-0.2, 0) is 4.74 Å². The lowest BCUT2D eigenvalue weighted by molar-refractivity contribution is -0.0635. The molecule has 1 saturated heterocycles. The van der Waals surface area contributed by atoms with E-state index in [9.17, 15) is 5.11 Å². The van der Waals surface area contributed by atoms with Gasteiger partial charge in [-0.15, -0.1) is 0 Å². The number of ether oxygens (including phenoxy) is 1. The molecule has 2 aromatic carbocycles. The van der Waals surface area contributed by atoms with Gasteiger partial charge in [0.25, 0.3) is 0 Å². The highest BCUT2D eigenvalue weighted by atomic mass is 16.6. The van der Waals surface area contributed by atoms with Gasteiger partial charge in [0.2, 0.25) is 0 Å². The van der Waals surface area contributed by atoms with Crippen LogP contribution in [0.5, 0.6) is 0 Å². The van der Waals surface area contributed by atoms with Crippen molar-refractivity contribution < 1.29 is 9.84 Å². The number of aliphatic hydroxyl groups is 1. The van der Waals surface area contributed by atoms with E-state index in [0.29, 0.717) is 6.61 Å². The van der Waals surface area contributed by atoms with Crippen LogP contribution in [0.3, 0.4) is 0 Å². The summed E-state index contributed by atoms with van der Waals surface area (Å²) in [6, 6.07) is 18.0. The van der Waals surface area contributed by atoms with Gasteiger partial charge in [-0.25, -0.2) is 0 Å². The molecule has 0 saturated carbocycles. The number of anilines is 3. The van der Waals surface area contributed by atoms with Crippen LogP contribution >= 0.6 is 0 Å². The van der Waals surface area contributed by atoms with Crippen molar-refractivity contribution in [1.82, 2.24) is 0 Å². The molecule has 0 spiro atoms. The van der Waals surface area contributed by atoms with E-state index < -0.39 is 6.29 Å². The topological polar surface area (TPSA) is 53.5 Å². The summed E-state index contributed by atoms with van der Waals surface area (Å²) in [5, 5.41) is 16.2. The summed E-state index contributed by atoms with van der Waals surface area (Å²) < 4.78 is 5.12. The van der Waals surface area contributed by atoms with Gasteiger partial charge in [0, 0.05) is 17.1 Å². The Morgan fingerprint density at radius 3 is 2.20 bits per heavy atom. The summed E-state index contributed by atoms with van der Waals surface area (Å²) in [7, 11) is 0. The van der Waals surface area contributed by atoms with E-state index >= 15 is 0 Å².